The van der Waals surface area contributed by atoms with Crippen molar-refractivity contribution in [2.45, 2.75) is 18.6 Å². The van der Waals surface area contributed by atoms with Crippen LogP contribution in [0.25, 0.3) is 0 Å². The molecule has 0 spiro atoms. The fourth-order valence-electron chi connectivity index (χ4n) is 1.28. The van der Waals surface area contributed by atoms with Gasteiger partial charge in [-0.2, -0.15) is 0 Å². The van der Waals surface area contributed by atoms with Crippen molar-refractivity contribution >= 4 is 12.7 Å². The molecule has 0 saturated carbocycles. The second-order valence-corrected chi connectivity index (χ2v) is 2.60. The molecular weight excluding hydrogens is 146 g/mol. The van der Waals surface area contributed by atoms with Gasteiger partial charge in [-0.25, -0.2) is 0 Å². The summed E-state index contributed by atoms with van der Waals surface area (Å²) >= 11 is 0. The van der Waals surface area contributed by atoms with Crippen LogP contribution < -0.4 is 0 Å². The van der Waals surface area contributed by atoms with E-state index in [0.717, 1.165) is 6.29 Å². The molecule has 4 heteroatoms. The molecule has 2 unspecified atom stereocenters. The van der Waals surface area contributed by atoms with Crippen LogP contribution in [0.15, 0.2) is 0 Å². The van der Waals surface area contributed by atoms with Crippen LogP contribution in [0.3, 0.4) is 0 Å². The smallest absolute Gasteiger partial charge is 0.210 e. The Kier molecular flexibility index (Phi) is 2.59. The van der Waals surface area contributed by atoms with Gasteiger partial charge in [0.05, 0.1) is 12.1 Å². The van der Waals surface area contributed by atoms with Gasteiger partial charge in [0.1, 0.15) is 6.29 Å². The summed E-state index contributed by atoms with van der Waals surface area (Å²) in [6.45, 7) is 0.531. The summed E-state index contributed by atoms with van der Waals surface area (Å²) in [5.41, 5.74) is 0. The second kappa shape index (κ2) is 3.48. The number of hydrogen-bond donors (Lipinski definition) is 0. The second-order valence-electron chi connectivity index (χ2n) is 2.60. The molecule has 2 atom stereocenters. The lowest BCUT2D eigenvalue weighted by Gasteiger charge is -2.12. The first-order valence-corrected chi connectivity index (χ1v) is 3.51. The highest BCUT2D eigenvalue weighted by Gasteiger charge is 2.30. The fraction of sp³-hybridized carbons (Fsp3) is 0.714. The highest BCUT2D eigenvalue weighted by atomic mass is 16.5. The summed E-state index contributed by atoms with van der Waals surface area (Å²) in [7, 11) is 1.58. The predicted octanol–water partition coefficient (Wildman–Crippen LogP) is -0.569. The van der Waals surface area contributed by atoms with Gasteiger partial charge in [-0.3, -0.25) is 4.79 Å². The first-order chi connectivity index (χ1) is 5.31. The Morgan fingerprint density at radius 1 is 1.55 bits per heavy atom. The Balaban J connectivity index is 2.53. The summed E-state index contributed by atoms with van der Waals surface area (Å²) in [5.74, 6) is 0. The molecule has 62 valence electrons. The zero-order valence-electron chi connectivity index (χ0n) is 6.40. The average Bonchev–Trinajstić information content (AvgIpc) is 2.46. The molecule has 0 aliphatic carbocycles. The number of amides is 1. The van der Waals surface area contributed by atoms with E-state index in [0.29, 0.717) is 19.4 Å². The standard InChI is InChI=1S/C7H11NO3/c1-11-7-2-6(4-9)8(3-7)5-10/h4-7H,2-3H2,1H3. The molecule has 1 amide bonds. The van der Waals surface area contributed by atoms with Gasteiger partial charge in [0, 0.05) is 20.1 Å². The summed E-state index contributed by atoms with van der Waals surface area (Å²) in [5, 5.41) is 0. The average molecular weight is 157 g/mol. The maximum atomic E-state index is 10.4. The molecule has 11 heavy (non-hydrogen) atoms. The van der Waals surface area contributed by atoms with E-state index in [1.165, 1.54) is 4.90 Å². The quantitative estimate of drug-likeness (QED) is 0.515. The third kappa shape index (κ3) is 1.57. The van der Waals surface area contributed by atoms with Crippen LogP contribution in [0, 0.1) is 0 Å². The largest absolute Gasteiger partial charge is 0.380 e. The normalized spacial score (nSPS) is 30.5. The number of carbonyl (C=O) groups excluding carboxylic acids is 2. The first kappa shape index (κ1) is 8.20. The van der Waals surface area contributed by atoms with Crippen LogP contribution in [0.1, 0.15) is 6.42 Å². The lowest BCUT2D eigenvalue weighted by atomic mass is 10.2. The van der Waals surface area contributed by atoms with Crippen LogP contribution in [-0.2, 0) is 14.3 Å². The van der Waals surface area contributed by atoms with E-state index in [2.05, 4.69) is 0 Å². The fourth-order valence-corrected chi connectivity index (χ4v) is 1.28. The van der Waals surface area contributed by atoms with Gasteiger partial charge in [0.25, 0.3) is 0 Å². The molecule has 1 saturated heterocycles. The molecule has 1 rings (SSSR count). The van der Waals surface area contributed by atoms with Crippen molar-refractivity contribution < 1.29 is 14.3 Å². The monoisotopic (exact) mass is 157 g/mol. The zero-order valence-corrected chi connectivity index (χ0v) is 6.40. The van der Waals surface area contributed by atoms with Gasteiger partial charge in [0.15, 0.2) is 0 Å². The minimum atomic E-state index is -0.280. The highest BCUT2D eigenvalue weighted by Crippen LogP contribution is 2.15. The van der Waals surface area contributed by atoms with E-state index in [-0.39, 0.29) is 12.1 Å². The van der Waals surface area contributed by atoms with Crippen molar-refractivity contribution in [1.29, 1.82) is 0 Å². The van der Waals surface area contributed by atoms with Gasteiger partial charge in [-0.15, -0.1) is 0 Å². The maximum absolute atomic E-state index is 10.4. The van der Waals surface area contributed by atoms with Crippen LogP contribution in [0.5, 0.6) is 0 Å². The lowest BCUT2D eigenvalue weighted by Crippen LogP contribution is -2.29. The van der Waals surface area contributed by atoms with E-state index >= 15 is 0 Å². The van der Waals surface area contributed by atoms with Gasteiger partial charge < -0.3 is 14.4 Å². The number of methoxy groups -OCH3 is 1. The van der Waals surface area contributed by atoms with Crippen molar-refractivity contribution in [2.24, 2.45) is 0 Å². The SMILES string of the molecule is COC1CC(C=O)N(C=O)C1. The van der Waals surface area contributed by atoms with E-state index < -0.39 is 0 Å². The minimum absolute atomic E-state index is 0.0235. The third-order valence-electron chi connectivity index (χ3n) is 1.97. The maximum Gasteiger partial charge on any atom is 0.210 e. The van der Waals surface area contributed by atoms with Gasteiger partial charge in [0.2, 0.25) is 6.41 Å². The molecule has 1 aliphatic heterocycles. The Morgan fingerprint density at radius 3 is 2.64 bits per heavy atom. The van der Waals surface area contributed by atoms with Gasteiger partial charge in [-0.1, -0.05) is 0 Å². The molecular formula is C7H11NO3. The molecule has 0 aromatic carbocycles. The molecule has 0 aromatic rings. The molecule has 1 heterocycles. The van der Waals surface area contributed by atoms with E-state index in [4.69, 9.17) is 4.74 Å². The Bertz CT molecular complexity index is 144. The van der Waals surface area contributed by atoms with E-state index in [1.807, 2.05) is 0 Å². The van der Waals surface area contributed by atoms with E-state index in [1.54, 1.807) is 7.11 Å². The van der Waals surface area contributed by atoms with Crippen LogP contribution in [-0.4, -0.2) is 43.4 Å². The van der Waals surface area contributed by atoms with Crippen LogP contribution >= 0.6 is 0 Å². The Hall–Kier alpha value is -0.900. The van der Waals surface area contributed by atoms with Crippen molar-refractivity contribution in [3.8, 4) is 0 Å². The molecule has 1 aliphatic rings. The molecule has 4 nitrogen and oxygen atoms in total. The molecule has 1 fully saturated rings. The van der Waals surface area contributed by atoms with Crippen molar-refractivity contribution in [1.82, 2.24) is 4.90 Å². The summed E-state index contributed by atoms with van der Waals surface area (Å²) < 4.78 is 5.02. The van der Waals surface area contributed by atoms with Crippen molar-refractivity contribution in [2.75, 3.05) is 13.7 Å². The number of hydrogen-bond acceptors (Lipinski definition) is 3. The molecule has 0 aromatic heterocycles. The lowest BCUT2D eigenvalue weighted by molar-refractivity contribution is -0.123. The summed E-state index contributed by atoms with van der Waals surface area (Å²) in [4.78, 5) is 22.2. The number of ether oxygens (including phenoxy) is 1. The number of rotatable bonds is 3. The number of carbonyl (C=O) groups is 2. The van der Waals surface area contributed by atoms with Crippen LogP contribution in [0.4, 0.5) is 0 Å². The van der Waals surface area contributed by atoms with Gasteiger partial charge in [-0.05, 0) is 0 Å². The number of likely N-dealkylation sites (tertiary alicyclic amines) is 1. The van der Waals surface area contributed by atoms with E-state index in [9.17, 15) is 9.59 Å². The Labute approximate surface area is 65.1 Å². The summed E-state index contributed by atoms with van der Waals surface area (Å²) in [6, 6.07) is -0.280. The first-order valence-electron chi connectivity index (χ1n) is 3.51. The third-order valence-corrected chi connectivity index (χ3v) is 1.97. The zero-order chi connectivity index (χ0) is 8.27. The van der Waals surface area contributed by atoms with Crippen molar-refractivity contribution in [3.63, 3.8) is 0 Å². The molecule has 0 bridgehead atoms. The Morgan fingerprint density at radius 2 is 2.27 bits per heavy atom. The number of nitrogens with zero attached hydrogens (tertiary/aromatic N) is 1. The summed E-state index contributed by atoms with van der Waals surface area (Å²) in [6.07, 6.45) is 2.12. The number of aldehydes is 1. The van der Waals surface area contributed by atoms with Gasteiger partial charge >= 0.3 is 0 Å². The predicted molar refractivity (Wildman–Crippen MR) is 38.0 cm³/mol. The van der Waals surface area contributed by atoms with Crippen LogP contribution in [0.2, 0.25) is 0 Å². The molecule has 0 N–H and O–H groups in total. The highest BCUT2D eigenvalue weighted by molar-refractivity contribution is 5.65. The van der Waals surface area contributed by atoms with Crippen molar-refractivity contribution in [3.05, 3.63) is 0 Å². The molecule has 0 radical (unpaired) electrons. The minimum Gasteiger partial charge on any atom is -0.380 e. The topological polar surface area (TPSA) is 46.6 Å².